The zero-order valence-electron chi connectivity index (χ0n) is 17.8. The van der Waals surface area contributed by atoms with Gasteiger partial charge in [0.2, 0.25) is 11.8 Å². The summed E-state index contributed by atoms with van der Waals surface area (Å²) in [4.78, 5) is 26.6. The molecule has 0 aromatic heterocycles. The quantitative estimate of drug-likeness (QED) is 0.572. The molecule has 2 N–H and O–H groups in total. The molecule has 33 heavy (non-hydrogen) atoms. The van der Waals surface area contributed by atoms with Gasteiger partial charge in [-0.2, -0.15) is 13.2 Å². The van der Waals surface area contributed by atoms with Crippen LogP contribution in [0.25, 0.3) is 0 Å². The van der Waals surface area contributed by atoms with Crippen LogP contribution in [0.5, 0.6) is 0 Å². The van der Waals surface area contributed by atoms with E-state index < -0.39 is 36.1 Å². The molecular weight excluding hydrogens is 442 g/mol. The van der Waals surface area contributed by atoms with E-state index in [0.717, 1.165) is 6.07 Å². The highest BCUT2D eigenvalue weighted by molar-refractivity contribution is 5.94. The van der Waals surface area contributed by atoms with Crippen LogP contribution in [0.3, 0.4) is 0 Å². The highest BCUT2D eigenvalue weighted by Gasteiger charge is 2.41. The SMILES string of the molecule is O=C(CC(c1ccccc1)C(F)(F)F)Nc1ccc(F)c(NC(=O)CCN2CCOCC2)c1. The topological polar surface area (TPSA) is 70.7 Å². The lowest BCUT2D eigenvalue weighted by molar-refractivity contribution is -0.155. The number of nitrogens with one attached hydrogen (secondary N) is 2. The van der Waals surface area contributed by atoms with E-state index in [9.17, 15) is 27.2 Å². The molecule has 0 bridgehead atoms. The fourth-order valence-electron chi connectivity index (χ4n) is 3.50. The van der Waals surface area contributed by atoms with Gasteiger partial charge in [-0.1, -0.05) is 30.3 Å². The van der Waals surface area contributed by atoms with Crippen LogP contribution in [-0.4, -0.2) is 55.7 Å². The fourth-order valence-corrected chi connectivity index (χ4v) is 3.50. The second-order valence-electron chi connectivity index (χ2n) is 7.70. The lowest BCUT2D eigenvalue weighted by atomic mass is 9.94. The van der Waals surface area contributed by atoms with E-state index in [0.29, 0.717) is 32.8 Å². The number of carbonyl (C=O) groups excluding carboxylic acids is 2. The molecule has 3 rings (SSSR count). The molecule has 1 unspecified atom stereocenters. The maximum absolute atomic E-state index is 14.1. The van der Waals surface area contributed by atoms with Crippen molar-refractivity contribution in [2.75, 3.05) is 43.5 Å². The minimum atomic E-state index is -4.61. The molecular formula is C23H25F4N3O3. The van der Waals surface area contributed by atoms with Gasteiger partial charge >= 0.3 is 6.18 Å². The number of anilines is 2. The number of nitrogens with zero attached hydrogens (tertiary/aromatic N) is 1. The molecule has 2 aromatic rings. The maximum Gasteiger partial charge on any atom is 0.396 e. The van der Waals surface area contributed by atoms with E-state index in [1.807, 2.05) is 0 Å². The maximum atomic E-state index is 14.1. The van der Waals surface area contributed by atoms with Gasteiger partial charge in [-0.15, -0.1) is 0 Å². The molecule has 178 valence electrons. The number of hydrogen-bond acceptors (Lipinski definition) is 4. The van der Waals surface area contributed by atoms with Crippen molar-refractivity contribution in [2.24, 2.45) is 0 Å². The Morgan fingerprint density at radius 3 is 2.36 bits per heavy atom. The molecule has 0 spiro atoms. The summed E-state index contributed by atoms with van der Waals surface area (Å²) in [5.74, 6) is -3.98. The summed E-state index contributed by atoms with van der Waals surface area (Å²) in [6.07, 6.45) is -5.30. The number of alkyl halides is 3. The van der Waals surface area contributed by atoms with Gasteiger partial charge in [0.05, 0.1) is 24.8 Å². The van der Waals surface area contributed by atoms with Crippen molar-refractivity contribution in [1.82, 2.24) is 4.90 Å². The van der Waals surface area contributed by atoms with E-state index in [4.69, 9.17) is 4.74 Å². The third-order valence-electron chi connectivity index (χ3n) is 5.27. The average molecular weight is 467 g/mol. The van der Waals surface area contributed by atoms with E-state index in [1.54, 1.807) is 6.07 Å². The first-order chi connectivity index (χ1) is 15.7. The second-order valence-corrected chi connectivity index (χ2v) is 7.70. The van der Waals surface area contributed by atoms with Gasteiger partial charge in [0.25, 0.3) is 0 Å². The average Bonchev–Trinajstić information content (AvgIpc) is 2.79. The van der Waals surface area contributed by atoms with Gasteiger partial charge in [0.1, 0.15) is 5.82 Å². The number of carbonyl (C=O) groups is 2. The minimum absolute atomic E-state index is 0.0209. The number of morpholine rings is 1. The first-order valence-corrected chi connectivity index (χ1v) is 10.5. The largest absolute Gasteiger partial charge is 0.396 e. The summed E-state index contributed by atoms with van der Waals surface area (Å²) in [7, 11) is 0. The third-order valence-corrected chi connectivity index (χ3v) is 5.27. The number of hydrogen-bond donors (Lipinski definition) is 2. The van der Waals surface area contributed by atoms with Crippen LogP contribution < -0.4 is 10.6 Å². The Labute approximate surface area is 188 Å². The zero-order valence-corrected chi connectivity index (χ0v) is 17.8. The van der Waals surface area contributed by atoms with Crippen LogP contribution in [0.4, 0.5) is 28.9 Å². The standard InChI is InChI=1S/C23H25F4N3O3/c24-19-7-6-17(14-20(19)29-21(31)8-9-30-10-12-33-13-11-30)28-22(32)15-18(23(25,26)27)16-4-2-1-3-5-16/h1-7,14,18H,8-13,15H2,(H,28,32)(H,29,31). The Kier molecular flexibility index (Phi) is 8.40. The normalized spacial score (nSPS) is 15.6. The van der Waals surface area contributed by atoms with E-state index >= 15 is 0 Å². The Hall–Kier alpha value is -2.98. The lowest BCUT2D eigenvalue weighted by Gasteiger charge is -2.26. The van der Waals surface area contributed by atoms with Crippen LogP contribution >= 0.6 is 0 Å². The van der Waals surface area contributed by atoms with Crippen LogP contribution in [0.15, 0.2) is 48.5 Å². The van der Waals surface area contributed by atoms with Crippen LogP contribution in [-0.2, 0) is 14.3 Å². The first-order valence-electron chi connectivity index (χ1n) is 10.5. The van der Waals surface area contributed by atoms with Gasteiger partial charge < -0.3 is 15.4 Å². The molecule has 0 aliphatic carbocycles. The molecule has 1 aliphatic heterocycles. The summed E-state index contributed by atoms with van der Waals surface area (Å²) in [6, 6.07) is 10.6. The Balaban J connectivity index is 1.60. The molecule has 2 aromatic carbocycles. The lowest BCUT2D eigenvalue weighted by Crippen LogP contribution is -2.38. The van der Waals surface area contributed by atoms with Crippen molar-refractivity contribution < 1.29 is 31.9 Å². The molecule has 1 fully saturated rings. The molecule has 1 saturated heterocycles. The number of rotatable bonds is 8. The zero-order chi connectivity index (χ0) is 23.8. The highest BCUT2D eigenvalue weighted by atomic mass is 19.4. The Morgan fingerprint density at radius 2 is 1.70 bits per heavy atom. The van der Waals surface area contributed by atoms with Gasteiger partial charge in [-0.05, 0) is 23.8 Å². The summed E-state index contributed by atoms with van der Waals surface area (Å²) in [6.45, 7) is 3.11. The van der Waals surface area contributed by atoms with E-state index in [1.165, 1.54) is 36.4 Å². The second kappa shape index (κ2) is 11.2. The van der Waals surface area contributed by atoms with Crippen molar-refractivity contribution in [1.29, 1.82) is 0 Å². The van der Waals surface area contributed by atoms with Crippen LogP contribution in [0.1, 0.15) is 24.3 Å². The van der Waals surface area contributed by atoms with Gasteiger partial charge in [0, 0.05) is 38.2 Å². The van der Waals surface area contributed by atoms with Gasteiger partial charge in [-0.3, -0.25) is 14.5 Å². The van der Waals surface area contributed by atoms with E-state index in [2.05, 4.69) is 15.5 Å². The summed E-state index contributed by atoms with van der Waals surface area (Å²) in [5, 5.41) is 4.81. The molecule has 2 amide bonds. The number of amides is 2. The van der Waals surface area contributed by atoms with Crippen molar-refractivity contribution in [3.8, 4) is 0 Å². The highest BCUT2D eigenvalue weighted by Crippen LogP contribution is 2.37. The molecule has 1 atom stereocenters. The molecule has 6 nitrogen and oxygen atoms in total. The Bertz CT molecular complexity index is 948. The van der Waals surface area contributed by atoms with Crippen molar-refractivity contribution in [3.63, 3.8) is 0 Å². The predicted octanol–water partition coefficient (Wildman–Crippen LogP) is 4.16. The third kappa shape index (κ3) is 7.54. The number of halogens is 4. The Morgan fingerprint density at radius 1 is 1.00 bits per heavy atom. The van der Waals surface area contributed by atoms with E-state index in [-0.39, 0.29) is 23.4 Å². The van der Waals surface area contributed by atoms with Crippen molar-refractivity contribution >= 4 is 23.2 Å². The fraction of sp³-hybridized carbons (Fsp3) is 0.391. The van der Waals surface area contributed by atoms with Gasteiger partial charge in [-0.25, -0.2) is 4.39 Å². The first kappa shape index (κ1) is 24.7. The molecule has 0 saturated carbocycles. The van der Waals surface area contributed by atoms with Crippen LogP contribution in [0.2, 0.25) is 0 Å². The van der Waals surface area contributed by atoms with Crippen molar-refractivity contribution in [3.05, 3.63) is 59.9 Å². The molecule has 10 heteroatoms. The van der Waals surface area contributed by atoms with Gasteiger partial charge in [0.15, 0.2) is 0 Å². The van der Waals surface area contributed by atoms with Crippen LogP contribution in [0, 0.1) is 5.82 Å². The predicted molar refractivity (Wildman–Crippen MR) is 115 cm³/mol. The number of benzene rings is 2. The minimum Gasteiger partial charge on any atom is -0.379 e. The molecule has 0 radical (unpaired) electrons. The molecule has 1 heterocycles. The number of ether oxygens (including phenoxy) is 1. The summed E-state index contributed by atoms with van der Waals surface area (Å²) >= 11 is 0. The molecule has 1 aliphatic rings. The van der Waals surface area contributed by atoms with Crippen molar-refractivity contribution in [2.45, 2.75) is 24.9 Å². The smallest absolute Gasteiger partial charge is 0.379 e. The summed E-state index contributed by atoms with van der Waals surface area (Å²) in [5.41, 5.74) is -0.0958. The monoisotopic (exact) mass is 467 g/mol. The summed E-state index contributed by atoms with van der Waals surface area (Å²) < 4.78 is 59.8.